The highest BCUT2D eigenvalue weighted by atomic mass is 19.4. The van der Waals surface area contributed by atoms with E-state index in [2.05, 4.69) is 6.92 Å². The number of nitrogens with zero attached hydrogens (tertiary/aromatic N) is 1. The van der Waals surface area contributed by atoms with Crippen LogP contribution in [0.1, 0.15) is 39.0 Å². The highest BCUT2D eigenvalue weighted by Gasteiger charge is 2.38. The van der Waals surface area contributed by atoms with Crippen LogP contribution in [-0.4, -0.2) is 36.2 Å². The van der Waals surface area contributed by atoms with Crippen molar-refractivity contribution in [2.24, 2.45) is 5.73 Å². The molecule has 0 radical (unpaired) electrons. The monoisotopic (exact) mass is 238 g/mol. The van der Waals surface area contributed by atoms with Crippen molar-refractivity contribution in [2.75, 3.05) is 13.1 Å². The lowest BCUT2D eigenvalue weighted by molar-refractivity contribution is -0.147. The van der Waals surface area contributed by atoms with Crippen LogP contribution in [0.5, 0.6) is 0 Å². The standard InChI is InChI=1S/C11H21F3N2/c1-2-3-4-9(15)7-16(10-5-6-10)8-11(12,13)14/h9-10H,2-8,15H2,1H3. The molecule has 2 N–H and O–H groups in total. The van der Waals surface area contributed by atoms with Gasteiger partial charge in [0.05, 0.1) is 6.54 Å². The third-order valence-corrected chi connectivity index (χ3v) is 2.84. The molecule has 0 heterocycles. The van der Waals surface area contributed by atoms with Gasteiger partial charge in [0.1, 0.15) is 0 Å². The van der Waals surface area contributed by atoms with E-state index in [4.69, 9.17) is 5.73 Å². The van der Waals surface area contributed by atoms with Crippen LogP contribution >= 0.6 is 0 Å². The number of nitrogens with two attached hydrogens (primary N) is 1. The van der Waals surface area contributed by atoms with Gasteiger partial charge in [-0.2, -0.15) is 13.2 Å². The normalized spacial score (nSPS) is 19.1. The van der Waals surface area contributed by atoms with Crippen LogP contribution in [0.25, 0.3) is 0 Å². The molecule has 0 aromatic carbocycles. The molecule has 1 unspecified atom stereocenters. The average Bonchev–Trinajstić information content (AvgIpc) is 2.94. The topological polar surface area (TPSA) is 29.3 Å². The lowest BCUT2D eigenvalue weighted by Crippen LogP contribution is -2.43. The van der Waals surface area contributed by atoms with E-state index < -0.39 is 12.7 Å². The SMILES string of the molecule is CCCCC(N)CN(CC(F)(F)F)C1CC1. The maximum atomic E-state index is 12.3. The summed E-state index contributed by atoms with van der Waals surface area (Å²) in [5.41, 5.74) is 5.84. The van der Waals surface area contributed by atoms with Gasteiger partial charge < -0.3 is 5.73 Å². The number of halogens is 3. The smallest absolute Gasteiger partial charge is 0.327 e. The van der Waals surface area contributed by atoms with Crippen molar-refractivity contribution in [3.05, 3.63) is 0 Å². The maximum Gasteiger partial charge on any atom is 0.401 e. The molecular formula is C11H21F3N2. The van der Waals surface area contributed by atoms with Crippen molar-refractivity contribution in [2.45, 2.75) is 57.3 Å². The van der Waals surface area contributed by atoms with E-state index >= 15 is 0 Å². The molecule has 1 saturated carbocycles. The minimum Gasteiger partial charge on any atom is -0.327 e. The summed E-state index contributed by atoms with van der Waals surface area (Å²) >= 11 is 0. The van der Waals surface area contributed by atoms with Gasteiger partial charge in [-0.05, 0) is 19.3 Å². The Hall–Kier alpha value is -0.290. The van der Waals surface area contributed by atoms with E-state index in [0.717, 1.165) is 32.1 Å². The van der Waals surface area contributed by atoms with E-state index in [1.165, 1.54) is 4.90 Å². The van der Waals surface area contributed by atoms with Crippen molar-refractivity contribution >= 4 is 0 Å². The Labute approximate surface area is 95.0 Å². The lowest BCUT2D eigenvalue weighted by atomic mass is 10.1. The molecule has 0 saturated heterocycles. The van der Waals surface area contributed by atoms with Gasteiger partial charge in [-0.3, -0.25) is 4.90 Å². The molecule has 2 nitrogen and oxygen atoms in total. The van der Waals surface area contributed by atoms with Crippen molar-refractivity contribution < 1.29 is 13.2 Å². The second kappa shape index (κ2) is 5.87. The predicted octanol–water partition coefficient (Wildman–Crippen LogP) is 2.53. The minimum absolute atomic E-state index is 0.120. The molecule has 1 fully saturated rings. The molecule has 0 bridgehead atoms. The Bertz CT molecular complexity index is 202. The zero-order valence-electron chi connectivity index (χ0n) is 9.76. The van der Waals surface area contributed by atoms with E-state index in [-0.39, 0.29) is 12.1 Å². The molecular weight excluding hydrogens is 217 g/mol. The van der Waals surface area contributed by atoms with Gasteiger partial charge >= 0.3 is 6.18 Å². The zero-order valence-corrected chi connectivity index (χ0v) is 9.76. The summed E-state index contributed by atoms with van der Waals surface area (Å²) < 4.78 is 36.9. The van der Waals surface area contributed by atoms with Crippen LogP contribution in [0.15, 0.2) is 0 Å². The molecule has 0 amide bonds. The maximum absolute atomic E-state index is 12.3. The Morgan fingerprint density at radius 2 is 2.00 bits per heavy atom. The van der Waals surface area contributed by atoms with Crippen molar-refractivity contribution in [1.82, 2.24) is 4.90 Å². The first-order valence-corrected chi connectivity index (χ1v) is 5.98. The molecule has 1 aliphatic rings. The van der Waals surface area contributed by atoms with E-state index in [9.17, 15) is 13.2 Å². The van der Waals surface area contributed by atoms with Crippen LogP contribution in [-0.2, 0) is 0 Å². The molecule has 96 valence electrons. The molecule has 1 atom stereocenters. The molecule has 16 heavy (non-hydrogen) atoms. The number of alkyl halides is 3. The molecule has 0 spiro atoms. The molecule has 0 aliphatic heterocycles. The highest BCUT2D eigenvalue weighted by molar-refractivity contribution is 4.87. The van der Waals surface area contributed by atoms with Crippen LogP contribution in [0.2, 0.25) is 0 Å². The van der Waals surface area contributed by atoms with Crippen molar-refractivity contribution in [3.63, 3.8) is 0 Å². The van der Waals surface area contributed by atoms with Gasteiger partial charge in [-0.25, -0.2) is 0 Å². The number of rotatable bonds is 7. The quantitative estimate of drug-likeness (QED) is 0.738. The van der Waals surface area contributed by atoms with Crippen LogP contribution < -0.4 is 5.73 Å². The summed E-state index contributed by atoms with van der Waals surface area (Å²) in [6.07, 6.45) is 0.514. The fourth-order valence-electron chi connectivity index (χ4n) is 1.87. The zero-order chi connectivity index (χ0) is 12.2. The Kier molecular flexibility index (Phi) is 5.05. The van der Waals surface area contributed by atoms with Gasteiger partial charge in [0.2, 0.25) is 0 Å². The first kappa shape index (κ1) is 13.8. The Morgan fingerprint density at radius 3 is 2.44 bits per heavy atom. The predicted molar refractivity (Wildman–Crippen MR) is 58.2 cm³/mol. The van der Waals surface area contributed by atoms with Crippen LogP contribution in [0.4, 0.5) is 13.2 Å². The molecule has 0 aromatic heterocycles. The third kappa shape index (κ3) is 5.70. The van der Waals surface area contributed by atoms with Crippen molar-refractivity contribution in [1.29, 1.82) is 0 Å². The fourth-order valence-corrected chi connectivity index (χ4v) is 1.87. The van der Waals surface area contributed by atoms with E-state index in [1.54, 1.807) is 0 Å². The Balaban J connectivity index is 2.33. The number of hydrogen-bond donors (Lipinski definition) is 1. The second-order valence-electron chi connectivity index (χ2n) is 4.68. The third-order valence-electron chi connectivity index (χ3n) is 2.84. The lowest BCUT2D eigenvalue weighted by Gasteiger charge is -2.26. The van der Waals surface area contributed by atoms with Crippen LogP contribution in [0.3, 0.4) is 0 Å². The van der Waals surface area contributed by atoms with Gasteiger partial charge in [-0.1, -0.05) is 19.8 Å². The Morgan fingerprint density at radius 1 is 1.38 bits per heavy atom. The number of unbranched alkanes of at least 4 members (excludes halogenated alkanes) is 1. The molecule has 1 rings (SSSR count). The van der Waals surface area contributed by atoms with Crippen LogP contribution in [0, 0.1) is 0 Å². The molecule has 5 heteroatoms. The fraction of sp³-hybridized carbons (Fsp3) is 1.00. The first-order valence-electron chi connectivity index (χ1n) is 5.98. The largest absolute Gasteiger partial charge is 0.401 e. The van der Waals surface area contributed by atoms with Gasteiger partial charge in [0, 0.05) is 18.6 Å². The highest BCUT2D eigenvalue weighted by Crippen LogP contribution is 2.30. The summed E-state index contributed by atoms with van der Waals surface area (Å²) in [5, 5.41) is 0. The summed E-state index contributed by atoms with van der Waals surface area (Å²) in [6.45, 7) is 1.63. The molecule has 1 aliphatic carbocycles. The van der Waals surface area contributed by atoms with Gasteiger partial charge in [0.15, 0.2) is 0 Å². The second-order valence-corrected chi connectivity index (χ2v) is 4.68. The average molecular weight is 238 g/mol. The summed E-state index contributed by atoms with van der Waals surface area (Å²) in [6, 6.07) is -0.00259. The summed E-state index contributed by atoms with van der Waals surface area (Å²) in [5.74, 6) is 0. The van der Waals surface area contributed by atoms with Gasteiger partial charge in [0.25, 0.3) is 0 Å². The molecule has 0 aromatic rings. The van der Waals surface area contributed by atoms with Crippen molar-refractivity contribution in [3.8, 4) is 0 Å². The summed E-state index contributed by atoms with van der Waals surface area (Å²) in [4.78, 5) is 1.50. The minimum atomic E-state index is -4.10. The first-order chi connectivity index (χ1) is 7.42. The number of hydrogen-bond acceptors (Lipinski definition) is 2. The van der Waals surface area contributed by atoms with E-state index in [1.807, 2.05) is 0 Å². The van der Waals surface area contributed by atoms with E-state index in [0.29, 0.717) is 6.54 Å². The van der Waals surface area contributed by atoms with Gasteiger partial charge in [-0.15, -0.1) is 0 Å². The summed E-state index contributed by atoms with van der Waals surface area (Å²) in [7, 11) is 0.